The minimum Gasteiger partial charge on any atom is -0.462 e. The molecular weight excluding hydrogens is 981 g/mol. The summed E-state index contributed by atoms with van der Waals surface area (Å²) >= 11 is 0. The molecule has 0 aromatic carbocycles. The second-order valence-corrected chi connectivity index (χ2v) is 23.2. The van der Waals surface area contributed by atoms with Gasteiger partial charge in [-0.05, 0) is 96.3 Å². The second kappa shape index (κ2) is 70.1. The molecule has 1 atom stereocenters. The first-order chi connectivity index (χ1) is 39.6. The molecule has 0 saturated carbocycles. The highest BCUT2D eigenvalue weighted by molar-refractivity contribution is 5.70. The predicted octanol–water partition coefficient (Wildman–Crippen LogP) is 24.2. The molecule has 0 bridgehead atoms. The summed E-state index contributed by atoms with van der Waals surface area (Å²) in [6.45, 7) is 4.05. The lowest BCUT2D eigenvalue weighted by atomic mass is 10.0. The van der Waals surface area contributed by atoms with Crippen LogP contribution in [0.2, 0.25) is 0 Å². The molecule has 0 aromatic heterocycles. The fraction of sp³-hybridized carbons (Fsp3) is 0.760. The van der Waals surface area contributed by atoms with E-state index in [1.165, 1.54) is 238 Å². The number of aliphatic hydroxyl groups excluding tert-OH is 1. The maximum atomic E-state index is 12.4. The third-order valence-corrected chi connectivity index (χ3v) is 15.4. The molecule has 0 fully saturated rings. The van der Waals surface area contributed by atoms with Crippen molar-refractivity contribution in [1.29, 1.82) is 0 Å². The molecule has 5 nitrogen and oxygen atoms in total. The molecule has 0 saturated heterocycles. The Labute approximate surface area is 498 Å². The Morgan fingerprint density at radius 2 is 0.537 bits per heavy atom. The van der Waals surface area contributed by atoms with Gasteiger partial charge in [0, 0.05) is 12.8 Å². The monoisotopic (exact) mass is 1110 g/mol. The van der Waals surface area contributed by atoms with Gasteiger partial charge in [-0.3, -0.25) is 9.59 Å². The normalized spacial score (nSPS) is 12.8. The number of hydrogen-bond donors (Lipinski definition) is 1. The quantitative estimate of drug-likeness (QED) is 0.0373. The van der Waals surface area contributed by atoms with E-state index in [2.05, 4.69) is 111 Å². The Morgan fingerprint density at radius 1 is 0.300 bits per heavy atom. The van der Waals surface area contributed by atoms with Gasteiger partial charge in [0.25, 0.3) is 0 Å². The van der Waals surface area contributed by atoms with Crippen molar-refractivity contribution in [2.45, 2.75) is 354 Å². The van der Waals surface area contributed by atoms with Gasteiger partial charge in [-0.25, -0.2) is 0 Å². The molecule has 0 spiro atoms. The van der Waals surface area contributed by atoms with Gasteiger partial charge in [-0.2, -0.15) is 0 Å². The van der Waals surface area contributed by atoms with Crippen molar-refractivity contribution in [3.05, 3.63) is 97.2 Å². The number of ether oxygens (including phenoxy) is 2. The molecule has 0 aliphatic carbocycles. The lowest BCUT2D eigenvalue weighted by molar-refractivity contribution is -0.161. The summed E-state index contributed by atoms with van der Waals surface area (Å²) in [7, 11) is 0. The summed E-state index contributed by atoms with van der Waals surface area (Å²) in [5.41, 5.74) is 0. The van der Waals surface area contributed by atoms with Crippen LogP contribution in [-0.4, -0.2) is 36.4 Å². The van der Waals surface area contributed by atoms with Gasteiger partial charge in [-0.15, -0.1) is 0 Å². The molecule has 0 heterocycles. The average Bonchev–Trinajstić information content (AvgIpc) is 3.46. The Hall–Kier alpha value is -3.18. The van der Waals surface area contributed by atoms with Gasteiger partial charge in [0.05, 0.1) is 6.61 Å². The van der Waals surface area contributed by atoms with Crippen molar-refractivity contribution in [2.75, 3.05) is 13.2 Å². The highest BCUT2D eigenvalue weighted by Crippen LogP contribution is 2.18. The lowest BCUT2D eigenvalue weighted by Gasteiger charge is -2.15. The van der Waals surface area contributed by atoms with Crippen LogP contribution in [0.1, 0.15) is 348 Å². The summed E-state index contributed by atoms with van der Waals surface area (Å²) in [6.07, 6.45) is 100. The maximum Gasteiger partial charge on any atom is 0.306 e. The van der Waals surface area contributed by atoms with Crippen LogP contribution in [0.5, 0.6) is 0 Å². The fourth-order valence-corrected chi connectivity index (χ4v) is 10.2. The van der Waals surface area contributed by atoms with E-state index in [0.29, 0.717) is 12.8 Å². The van der Waals surface area contributed by atoms with Crippen LogP contribution in [0.4, 0.5) is 0 Å². The Kier molecular flexibility index (Phi) is 67.3. The topological polar surface area (TPSA) is 72.8 Å². The van der Waals surface area contributed by atoms with Crippen LogP contribution in [-0.2, 0) is 19.1 Å². The first-order valence-electron chi connectivity index (χ1n) is 34.8. The number of aliphatic hydroxyl groups is 1. The highest BCUT2D eigenvalue weighted by atomic mass is 16.6. The van der Waals surface area contributed by atoms with E-state index < -0.39 is 6.10 Å². The Balaban J connectivity index is 3.43. The molecule has 462 valence electrons. The smallest absolute Gasteiger partial charge is 0.306 e. The highest BCUT2D eigenvalue weighted by Gasteiger charge is 2.16. The molecule has 0 aliphatic rings. The number of allylic oxidation sites excluding steroid dienone is 16. The van der Waals surface area contributed by atoms with E-state index in [9.17, 15) is 14.7 Å². The number of esters is 2. The van der Waals surface area contributed by atoms with Gasteiger partial charge < -0.3 is 14.6 Å². The number of carbonyl (C=O) groups excluding carboxylic acids is 2. The third kappa shape index (κ3) is 67.3. The number of hydrogen-bond acceptors (Lipinski definition) is 5. The van der Waals surface area contributed by atoms with Crippen LogP contribution in [0.25, 0.3) is 0 Å². The molecular formula is C75H132O5. The van der Waals surface area contributed by atoms with Crippen LogP contribution < -0.4 is 0 Å². The van der Waals surface area contributed by atoms with Crippen LogP contribution in [0.15, 0.2) is 97.2 Å². The molecule has 5 heteroatoms. The van der Waals surface area contributed by atoms with Crippen molar-refractivity contribution < 1.29 is 24.2 Å². The number of rotatable bonds is 64. The first-order valence-corrected chi connectivity index (χ1v) is 34.8. The van der Waals surface area contributed by atoms with Gasteiger partial charge >= 0.3 is 11.9 Å². The van der Waals surface area contributed by atoms with E-state index in [4.69, 9.17) is 9.47 Å². The zero-order valence-corrected chi connectivity index (χ0v) is 53.1. The largest absolute Gasteiger partial charge is 0.462 e. The van der Waals surface area contributed by atoms with Crippen molar-refractivity contribution in [2.24, 2.45) is 0 Å². The lowest BCUT2D eigenvalue weighted by Crippen LogP contribution is -2.28. The summed E-state index contributed by atoms with van der Waals surface area (Å²) in [6, 6.07) is 0. The average molecular weight is 1110 g/mol. The first kappa shape index (κ1) is 76.8. The zero-order chi connectivity index (χ0) is 57.6. The Bertz CT molecular complexity index is 1500. The molecule has 0 rings (SSSR count). The summed E-state index contributed by atoms with van der Waals surface area (Å²) in [5.74, 6) is -0.582. The standard InChI is InChI=1S/C75H132O5/c1-3-5-7-9-11-13-15-17-19-21-23-25-27-29-31-32-33-34-35-36-37-38-39-40-41-42-44-45-47-49-51-53-55-57-59-61-63-65-67-69-74(77)79-72-73(71-76)80-75(78)70-68-66-64-62-60-58-56-54-52-50-48-46-43-30-28-26-24-22-20-18-16-14-12-10-8-6-4-2/h6,8,12,14-15,17-18,20-21,23-24,26-27,29-30,43,73,76H,3-5,7,9-11,13,16,19,22,25,28,31-42,44-72H2,1-2H3/b8-6-,14-12-,17-15-,20-18-,23-21-,26-24-,29-27-,43-30-. The molecule has 1 N–H and O–H groups in total. The number of carbonyl (C=O) groups is 2. The molecule has 80 heavy (non-hydrogen) atoms. The summed E-state index contributed by atoms with van der Waals surface area (Å²) < 4.78 is 10.8. The second-order valence-electron chi connectivity index (χ2n) is 23.2. The fourth-order valence-electron chi connectivity index (χ4n) is 10.2. The van der Waals surface area contributed by atoms with Gasteiger partial charge in [0.15, 0.2) is 6.10 Å². The van der Waals surface area contributed by atoms with Gasteiger partial charge in [0.1, 0.15) is 6.61 Å². The van der Waals surface area contributed by atoms with E-state index in [0.717, 1.165) is 83.5 Å². The minimum absolute atomic E-state index is 0.0671. The van der Waals surface area contributed by atoms with Gasteiger partial charge in [0.2, 0.25) is 0 Å². The van der Waals surface area contributed by atoms with Crippen molar-refractivity contribution >= 4 is 11.9 Å². The summed E-state index contributed by atoms with van der Waals surface area (Å²) in [4.78, 5) is 24.6. The van der Waals surface area contributed by atoms with Gasteiger partial charge in [-0.1, -0.05) is 336 Å². The maximum absolute atomic E-state index is 12.4. The third-order valence-electron chi connectivity index (χ3n) is 15.4. The summed E-state index contributed by atoms with van der Waals surface area (Å²) in [5, 5.41) is 9.70. The predicted molar refractivity (Wildman–Crippen MR) is 352 cm³/mol. The van der Waals surface area contributed by atoms with Crippen LogP contribution in [0.3, 0.4) is 0 Å². The van der Waals surface area contributed by atoms with E-state index in [1.807, 2.05) is 0 Å². The van der Waals surface area contributed by atoms with Crippen molar-refractivity contribution in [3.8, 4) is 0 Å². The van der Waals surface area contributed by atoms with E-state index in [1.54, 1.807) is 0 Å². The number of unbranched alkanes of at least 4 members (excludes halogenated alkanes) is 40. The molecule has 0 aromatic rings. The molecule has 0 aliphatic heterocycles. The van der Waals surface area contributed by atoms with Crippen LogP contribution >= 0.6 is 0 Å². The van der Waals surface area contributed by atoms with Crippen molar-refractivity contribution in [3.63, 3.8) is 0 Å². The zero-order valence-electron chi connectivity index (χ0n) is 53.1. The van der Waals surface area contributed by atoms with E-state index in [-0.39, 0.29) is 25.2 Å². The minimum atomic E-state index is -0.778. The van der Waals surface area contributed by atoms with E-state index >= 15 is 0 Å². The van der Waals surface area contributed by atoms with Crippen LogP contribution in [0, 0.1) is 0 Å². The molecule has 0 radical (unpaired) electrons. The molecule has 0 amide bonds. The SMILES string of the molecule is CC/C=C\C/C=C\C/C=C\C/C=C\C/C=C\CCCCCCCCCCCCCC(=O)OC(CO)COC(=O)CCCCCCCCCCCCCCCCCCCCCCCCCC/C=C\C/C=C\C/C=C\CCCCCCC. The van der Waals surface area contributed by atoms with Crippen molar-refractivity contribution in [1.82, 2.24) is 0 Å². The molecule has 1 unspecified atom stereocenters. The Morgan fingerprint density at radius 3 is 0.812 bits per heavy atom.